The predicted octanol–water partition coefficient (Wildman–Crippen LogP) is 9.78. The number of para-hydroxylation sites is 3. The Bertz CT molecular complexity index is 2390. The van der Waals surface area contributed by atoms with E-state index in [9.17, 15) is 0 Å². The Hall–Kier alpha value is -5.28. The van der Waals surface area contributed by atoms with Gasteiger partial charge in [-0.25, -0.2) is 0 Å². The molecule has 6 aromatic carbocycles. The smallest absolute Gasteiger partial charge is 0.213 e. The van der Waals surface area contributed by atoms with E-state index < -0.39 is 0 Å². The number of rotatable bonds is 2. The van der Waals surface area contributed by atoms with E-state index in [4.69, 9.17) is 4.42 Å². The van der Waals surface area contributed by atoms with Gasteiger partial charge < -0.3 is 8.98 Å². The molecule has 3 nitrogen and oxygen atoms in total. The first-order chi connectivity index (χ1) is 19.4. The molecule has 0 amide bonds. The largest absolute Gasteiger partial charge is 0.439 e. The Labute approximate surface area is 223 Å². The molecule has 0 aliphatic rings. The van der Waals surface area contributed by atoms with Crippen molar-refractivity contribution >= 4 is 65.6 Å². The van der Waals surface area contributed by atoms with Crippen molar-refractivity contribution in [2.75, 3.05) is 0 Å². The van der Waals surface area contributed by atoms with Gasteiger partial charge in [0, 0.05) is 27.5 Å². The van der Waals surface area contributed by atoms with E-state index >= 15 is 0 Å². The highest BCUT2D eigenvalue weighted by Gasteiger charge is 2.24. The van der Waals surface area contributed by atoms with Crippen molar-refractivity contribution in [1.29, 1.82) is 0 Å². The number of furan rings is 1. The fourth-order valence-electron chi connectivity index (χ4n) is 6.44. The number of nitrogens with zero attached hydrogens (tertiary/aromatic N) is 2. The molecule has 0 spiro atoms. The molecule has 0 unspecified atom stereocenters. The van der Waals surface area contributed by atoms with E-state index in [1.807, 2.05) is 0 Å². The lowest BCUT2D eigenvalue weighted by Gasteiger charge is -2.10. The van der Waals surface area contributed by atoms with Gasteiger partial charge in [0.2, 0.25) is 5.71 Å². The van der Waals surface area contributed by atoms with Crippen LogP contribution in [0.5, 0.6) is 0 Å². The zero-order valence-corrected chi connectivity index (χ0v) is 21.0. The van der Waals surface area contributed by atoms with E-state index in [0.29, 0.717) is 0 Å². The summed E-state index contributed by atoms with van der Waals surface area (Å²) in [6.07, 6.45) is 0. The minimum absolute atomic E-state index is 0.875. The topological polar surface area (TPSA) is 23.0 Å². The second kappa shape index (κ2) is 7.62. The van der Waals surface area contributed by atoms with Crippen molar-refractivity contribution in [1.82, 2.24) is 9.13 Å². The summed E-state index contributed by atoms with van der Waals surface area (Å²) in [5.41, 5.74) is 7.52. The van der Waals surface area contributed by atoms with Crippen LogP contribution in [0.4, 0.5) is 0 Å². The first-order valence-corrected chi connectivity index (χ1v) is 13.3. The molecular weight excluding hydrogens is 476 g/mol. The summed E-state index contributed by atoms with van der Waals surface area (Å²) >= 11 is 0. The normalized spacial score (nSPS) is 12.1. The fourth-order valence-corrected chi connectivity index (χ4v) is 6.44. The van der Waals surface area contributed by atoms with Crippen LogP contribution < -0.4 is 0 Å². The average molecular weight is 499 g/mol. The van der Waals surface area contributed by atoms with Crippen LogP contribution in [0.2, 0.25) is 0 Å². The Morgan fingerprint density at radius 2 is 1.13 bits per heavy atom. The summed E-state index contributed by atoms with van der Waals surface area (Å²) in [4.78, 5) is 0. The van der Waals surface area contributed by atoms with Crippen molar-refractivity contribution in [3.05, 3.63) is 133 Å². The Morgan fingerprint density at radius 3 is 1.97 bits per heavy atom. The van der Waals surface area contributed by atoms with Gasteiger partial charge in [-0.15, -0.1) is 0 Å². The maximum atomic E-state index is 6.74. The summed E-state index contributed by atoms with van der Waals surface area (Å²) in [6, 6.07) is 47.5. The molecule has 3 heterocycles. The highest BCUT2D eigenvalue weighted by atomic mass is 16.3. The van der Waals surface area contributed by atoms with Crippen molar-refractivity contribution in [2.45, 2.75) is 0 Å². The molecule has 0 bridgehead atoms. The van der Waals surface area contributed by atoms with E-state index in [1.165, 1.54) is 38.0 Å². The van der Waals surface area contributed by atoms with E-state index in [2.05, 4.69) is 143 Å². The summed E-state index contributed by atoms with van der Waals surface area (Å²) in [6.45, 7) is 0. The van der Waals surface area contributed by atoms with Gasteiger partial charge >= 0.3 is 0 Å². The van der Waals surface area contributed by atoms with Crippen LogP contribution in [0.15, 0.2) is 138 Å². The predicted molar refractivity (Wildman–Crippen MR) is 162 cm³/mol. The zero-order chi connectivity index (χ0) is 25.5. The third-order valence-corrected chi connectivity index (χ3v) is 8.09. The van der Waals surface area contributed by atoms with Crippen molar-refractivity contribution in [3.63, 3.8) is 0 Å². The van der Waals surface area contributed by atoms with Crippen molar-refractivity contribution in [3.8, 4) is 11.4 Å². The summed E-state index contributed by atoms with van der Waals surface area (Å²) < 4.78 is 11.4. The Balaban J connectivity index is 1.52. The molecule has 39 heavy (non-hydrogen) atoms. The molecular formula is C36H22N2O. The van der Waals surface area contributed by atoms with Gasteiger partial charge in [0.05, 0.1) is 27.3 Å². The molecule has 0 radical (unpaired) electrons. The van der Waals surface area contributed by atoms with Crippen LogP contribution in [0, 0.1) is 0 Å². The summed E-state index contributed by atoms with van der Waals surface area (Å²) in [7, 11) is 0. The van der Waals surface area contributed by atoms with Gasteiger partial charge in [-0.3, -0.25) is 4.57 Å². The second-order valence-corrected chi connectivity index (χ2v) is 10.2. The number of benzene rings is 6. The SMILES string of the molecule is c1ccc(-n2c3ccccc3c3c4c(ccc5c6ccccc6n(-c6ccc7ccccc7c6)c54)oc32)cc1. The van der Waals surface area contributed by atoms with Gasteiger partial charge in [-0.2, -0.15) is 0 Å². The quantitative estimate of drug-likeness (QED) is 0.233. The molecule has 0 aliphatic heterocycles. The molecule has 0 N–H and O–H groups in total. The van der Waals surface area contributed by atoms with Gasteiger partial charge in [0.1, 0.15) is 5.58 Å². The third kappa shape index (κ3) is 2.76. The minimum atomic E-state index is 0.875. The van der Waals surface area contributed by atoms with Gasteiger partial charge in [0.15, 0.2) is 0 Å². The Kier molecular flexibility index (Phi) is 4.05. The van der Waals surface area contributed by atoms with Crippen LogP contribution in [0.1, 0.15) is 0 Å². The minimum Gasteiger partial charge on any atom is -0.439 e. The third-order valence-electron chi connectivity index (χ3n) is 8.09. The van der Waals surface area contributed by atoms with Crippen molar-refractivity contribution in [2.24, 2.45) is 0 Å². The fraction of sp³-hybridized carbons (Fsp3) is 0. The lowest BCUT2D eigenvalue weighted by molar-refractivity contribution is 0.645. The van der Waals surface area contributed by atoms with Crippen LogP contribution >= 0.6 is 0 Å². The summed E-state index contributed by atoms with van der Waals surface area (Å²) in [5.74, 6) is 0. The second-order valence-electron chi connectivity index (χ2n) is 10.2. The van der Waals surface area contributed by atoms with Gasteiger partial charge in [-0.1, -0.05) is 84.9 Å². The standard InChI is InChI=1S/C36H22N2O/c1-2-12-25(13-3-1)38-31-17-9-7-15-29(31)33-34-32(39-36(33)38)21-20-28-27-14-6-8-16-30(27)37(35(28)34)26-19-18-23-10-4-5-11-24(23)22-26/h1-22H. The van der Waals surface area contributed by atoms with Crippen LogP contribution in [0.3, 0.4) is 0 Å². The monoisotopic (exact) mass is 498 g/mol. The molecule has 3 heteroatoms. The number of fused-ring (bicyclic) bond motifs is 10. The highest BCUT2D eigenvalue weighted by Crippen LogP contribution is 2.45. The number of hydrogen-bond acceptors (Lipinski definition) is 1. The first kappa shape index (κ1) is 20.7. The lowest BCUT2D eigenvalue weighted by Crippen LogP contribution is -1.94. The molecule has 9 aromatic rings. The van der Waals surface area contributed by atoms with E-state index in [0.717, 1.165) is 39.0 Å². The molecule has 0 saturated carbocycles. The molecule has 0 aliphatic carbocycles. The van der Waals surface area contributed by atoms with E-state index in [-0.39, 0.29) is 0 Å². The Morgan fingerprint density at radius 1 is 0.436 bits per heavy atom. The molecule has 9 rings (SSSR count). The highest BCUT2D eigenvalue weighted by molar-refractivity contribution is 6.30. The van der Waals surface area contributed by atoms with Crippen LogP contribution in [-0.4, -0.2) is 9.13 Å². The summed E-state index contributed by atoms with van der Waals surface area (Å²) in [5, 5.41) is 8.43. The maximum Gasteiger partial charge on any atom is 0.213 e. The first-order valence-electron chi connectivity index (χ1n) is 13.3. The number of aromatic nitrogens is 2. The maximum absolute atomic E-state index is 6.74. The molecule has 182 valence electrons. The molecule has 3 aromatic heterocycles. The number of hydrogen-bond donors (Lipinski definition) is 0. The molecule has 0 saturated heterocycles. The van der Waals surface area contributed by atoms with Gasteiger partial charge in [-0.05, 0) is 59.3 Å². The van der Waals surface area contributed by atoms with Crippen molar-refractivity contribution < 1.29 is 4.42 Å². The van der Waals surface area contributed by atoms with Gasteiger partial charge in [0.25, 0.3) is 0 Å². The molecule has 0 fully saturated rings. The zero-order valence-electron chi connectivity index (χ0n) is 21.0. The molecule has 0 atom stereocenters. The lowest BCUT2D eigenvalue weighted by atomic mass is 10.1. The van der Waals surface area contributed by atoms with Crippen LogP contribution in [-0.2, 0) is 0 Å². The average Bonchev–Trinajstić information content (AvgIpc) is 3.64. The van der Waals surface area contributed by atoms with E-state index in [1.54, 1.807) is 0 Å². The van der Waals surface area contributed by atoms with Crippen LogP contribution in [0.25, 0.3) is 76.9 Å².